The highest BCUT2D eigenvalue weighted by Gasteiger charge is 2.19. The van der Waals surface area contributed by atoms with E-state index in [2.05, 4.69) is 17.6 Å². The molecule has 0 aromatic heterocycles. The van der Waals surface area contributed by atoms with Crippen LogP contribution in [0.4, 0.5) is 5.69 Å². The number of hydrogen-bond acceptors (Lipinski definition) is 3. The zero-order valence-electron chi connectivity index (χ0n) is 13.2. The van der Waals surface area contributed by atoms with E-state index in [1.807, 2.05) is 0 Å². The van der Waals surface area contributed by atoms with E-state index < -0.39 is 0 Å². The lowest BCUT2D eigenvalue weighted by atomic mass is 9.87. The van der Waals surface area contributed by atoms with Gasteiger partial charge in [0.05, 0.1) is 5.69 Å². The molecular formula is C17H24N2O3. The Kier molecular flexibility index (Phi) is 5.81. The van der Waals surface area contributed by atoms with Crippen molar-refractivity contribution in [1.82, 2.24) is 5.32 Å². The van der Waals surface area contributed by atoms with Crippen LogP contribution in [0, 0.1) is 5.92 Å². The van der Waals surface area contributed by atoms with Crippen molar-refractivity contribution in [2.45, 2.75) is 45.6 Å². The molecule has 120 valence electrons. The van der Waals surface area contributed by atoms with Gasteiger partial charge in [-0.1, -0.05) is 19.1 Å². The third-order valence-corrected chi connectivity index (χ3v) is 3.94. The van der Waals surface area contributed by atoms with Gasteiger partial charge < -0.3 is 15.4 Å². The van der Waals surface area contributed by atoms with Gasteiger partial charge in [0, 0.05) is 13.0 Å². The van der Waals surface area contributed by atoms with E-state index in [-0.39, 0.29) is 24.5 Å². The molecule has 1 fully saturated rings. The molecule has 0 bridgehead atoms. The van der Waals surface area contributed by atoms with Gasteiger partial charge in [0.25, 0.3) is 5.91 Å². The van der Waals surface area contributed by atoms with Crippen LogP contribution in [0.25, 0.3) is 0 Å². The van der Waals surface area contributed by atoms with Gasteiger partial charge >= 0.3 is 0 Å². The Balaban J connectivity index is 1.82. The molecule has 0 radical (unpaired) electrons. The topological polar surface area (TPSA) is 67.4 Å². The lowest BCUT2D eigenvalue weighted by Gasteiger charge is -2.26. The summed E-state index contributed by atoms with van der Waals surface area (Å²) in [5, 5.41) is 5.71. The summed E-state index contributed by atoms with van der Waals surface area (Å²) in [5.41, 5.74) is 0.578. The Morgan fingerprint density at radius 3 is 2.55 bits per heavy atom. The van der Waals surface area contributed by atoms with Crippen LogP contribution in [0.5, 0.6) is 5.75 Å². The van der Waals surface area contributed by atoms with E-state index in [9.17, 15) is 9.59 Å². The lowest BCUT2D eigenvalue weighted by molar-refractivity contribution is -0.124. The smallest absolute Gasteiger partial charge is 0.258 e. The van der Waals surface area contributed by atoms with Crippen molar-refractivity contribution in [1.29, 1.82) is 0 Å². The summed E-state index contributed by atoms with van der Waals surface area (Å²) in [6.07, 6.45) is 4.40. The zero-order valence-corrected chi connectivity index (χ0v) is 13.2. The fourth-order valence-corrected chi connectivity index (χ4v) is 2.70. The Morgan fingerprint density at radius 2 is 1.86 bits per heavy atom. The summed E-state index contributed by atoms with van der Waals surface area (Å²) >= 11 is 0. The first kappa shape index (κ1) is 16.3. The number of hydrogen-bond donors (Lipinski definition) is 2. The number of anilines is 1. The predicted molar refractivity (Wildman–Crippen MR) is 85.8 cm³/mol. The summed E-state index contributed by atoms with van der Waals surface area (Å²) in [6, 6.07) is 7.36. The minimum atomic E-state index is -0.170. The van der Waals surface area contributed by atoms with E-state index in [0.717, 1.165) is 31.6 Å². The van der Waals surface area contributed by atoms with Crippen molar-refractivity contribution < 1.29 is 14.3 Å². The molecule has 2 N–H and O–H groups in total. The Hall–Kier alpha value is -2.04. The molecule has 2 rings (SSSR count). The maximum absolute atomic E-state index is 12.0. The summed E-state index contributed by atoms with van der Waals surface area (Å²) in [7, 11) is 0. The normalized spacial score (nSPS) is 21.0. The number of carbonyl (C=O) groups excluding carboxylic acids is 2. The molecule has 1 aromatic rings. The van der Waals surface area contributed by atoms with Gasteiger partial charge in [0.15, 0.2) is 6.61 Å². The second-order valence-electron chi connectivity index (χ2n) is 5.99. The van der Waals surface area contributed by atoms with Crippen LogP contribution in [-0.2, 0) is 9.59 Å². The fourth-order valence-electron chi connectivity index (χ4n) is 2.70. The van der Waals surface area contributed by atoms with Crippen molar-refractivity contribution in [3.8, 4) is 5.75 Å². The maximum atomic E-state index is 12.0. The number of carbonyl (C=O) groups is 2. The first-order valence-corrected chi connectivity index (χ1v) is 7.83. The number of nitrogens with one attached hydrogen (secondary N) is 2. The standard InChI is InChI=1S/C17H24N2O3/c1-12-7-9-14(10-8-12)19-17(21)11-22-16-6-4-3-5-15(16)18-13(2)20/h3-6,12,14H,7-11H2,1-2H3,(H,18,20)(H,19,21). The Morgan fingerprint density at radius 1 is 1.18 bits per heavy atom. The first-order valence-electron chi connectivity index (χ1n) is 7.83. The number of para-hydroxylation sites is 2. The molecule has 5 heteroatoms. The molecule has 0 spiro atoms. The van der Waals surface area contributed by atoms with Crippen molar-refractivity contribution in [3.05, 3.63) is 24.3 Å². The van der Waals surface area contributed by atoms with Crippen LogP contribution in [0.3, 0.4) is 0 Å². The van der Waals surface area contributed by atoms with Gasteiger partial charge in [-0.3, -0.25) is 9.59 Å². The van der Waals surface area contributed by atoms with Crippen molar-refractivity contribution in [2.75, 3.05) is 11.9 Å². The SMILES string of the molecule is CC(=O)Nc1ccccc1OCC(=O)NC1CCC(C)CC1. The molecule has 0 unspecified atom stereocenters. The number of ether oxygens (including phenoxy) is 1. The quantitative estimate of drug-likeness (QED) is 0.879. The van der Waals surface area contributed by atoms with E-state index in [0.29, 0.717) is 11.4 Å². The van der Waals surface area contributed by atoms with Crippen LogP contribution >= 0.6 is 0 Å². The molecule has 0 saturated heterocycles. The molecule has 1 aliphatic carbocycles. The van der Waals surface area contributed by atoms with E-state index in [4.69, 9.17) is 4.74 Å². The monoisotopic (exact) mass is 304 g/mol. The van der Waals surface area contributed by atoms with Crippen LogP contribution in [0.2, 0.25) is 0 Å². The van der Waals surface area contributed by atoms with Gasteiger partial charge in [-0.2, -0.15) is 0 Å². The van der Waals surface area contributed by atoms with Crippen molar-refractivity contribution in [3.63, 3.8) is 0 Å². The molecule has 0 aliphatic heterocycles. The largest absolute Gasteiger partial charge is 0.482 e. The van der Waals surface area contributed by atoms with Gasteiger partial charge in [-0.05, 0) is 43.7 Å². The van der Waals surface area contributed by atoms with E-state index in [1.54, 1.807) is 24.3 Å². The molecule has 0 heterocycles. The molecule has 2 amide bonds. The molecular weight excluding hydrogens is 280 g/mol. The van der Waals surface area contributed by atoms with Crippen LogP contribution < -0.4 is 15.4 Å². The Labute approximate surface area is 131 Å². The van der Waals surface area contributed by atoms with Gasteiger partial charge in [-0.25, -0.2) is 0 Å². The van der Waals surface area contributed by atoms with Gasteiger partial charge in [-0.15, -0.1) is 0 Å². The predicted octanol–water partition coefficient (Wildman–Crippen LogP) is 2.72. The molecule has 1 saturated carbocycles. The lowest BCUT2D eigenvalue weighted by Crippen LogP contribution is -2.39. The minimum Gasteiger partial charge on any atom is -0.482 e. The van der Waals surface area contributed by atoms with Crippen molar-refractivity contribution >= 4 is 17.5 Å². The summed E-state index contributed by atoms with van der Waals surface area (Å²) in [6.45, 7) is 3.65. The minimum absolute atomic E-state index is 0.0390. The molecule has 5 nitrogen and oxygen atoms in total. The summed E-state index contributed by atoms with van der Waals surface area (Å²) in [5.74, 6) is 0.980. The highest BCUT2D eigenvalue weighted by atomic mass is 16.5. The maximum Gasteiger partial charge on any atom is 0.258 e. The number of amides is 2. The average molecular weight is 304 g/mol. The van der Waals surface area contributed by atoms with Gasteiger partial charge in [0.1, 0.15) is 5.75 Å². The molecule has 22 heavy (non-hydrogen) atoms. The molecule has 0 atom stereocenters. The van der Waals surface area contributed by atoms with E-state index >= 15 is 0 Å². The zero-order chi connectivity index (χ0) is 15.9. The summed E-state index contributed by atoms with van der Waals surface area (Å²) in [4.78, 5) is 23.1. The third-order valence-electron chi connectivity index (χ3n) is 3.94. The van der Waals surface area contributed by atoms with Crippen LogP contribution in [-0.4, -0.2) is 24.5 Å². The second kappa shape index (κ2) is 7.82. The number of rotatable bonds is 5. The highest BCUT2D eigenvalue weighted by Crippen LogP contribution is 2.24. The second-order valence-corrected chi connectivity index (χ2v) is 5.99. The first-order chi connectivity index (χ1) is 10.5. The Bertz CT molecular complexity index is 522. The van der Waals surface area contributed by atoms with Crippen LogP contribution in [0.15, 0.2) is 24.3 Å². The molecule has 1 aromatic carbocycles. The summed E-state index contributed by atoms with van der Waals surface area (Å²) < 4.78 is 5.54. The number of benzene rings is 1. The van der Waals surface area contributed by atoms with Crippen LogP contribution in [0.1, 0.15) is 39.5 Å². The molecule has 1 aliphatic rings. The fraction of sp³-hybridized carbons (Fsp3) is 0.529. The van der Waals surface area contributed by atoms with Gasteiger partial charge in [0.2, 0.25) is 5.91 Å². The highest BCUT2D eigenvalue weighted by molar-refractivity contribution is 5.90. The average Bonchev–Trinajstić information content (AvgIpc) is 2.48. The van der Waals surface area contributed by atoms with Crippen molar-refractivity contribution in [2.24, 2.45) is 5.92 Å². The third kappa shape index (κ3) is 5.06. The van der Waals surface area contributed by atoms with E-state index in [1.165, 1.54) is 6.92 Å².